The van der Waals surface area contributed by atoms with Gasteiger partial charge in [-0.1, -0.05) is 35.5 Å². The molecule has 0 radical (unpaired) electrons. The molecule has 1 fully saturated rings. The van der Waals surface area contributed by atoms with Crippen LogP contribution in [0.5, 0.6) is 0 Å². The van der Waals surface area contributed by atoms with E-state index >= 15 is 0 Å². The molecule has 0 bridgehead atoms. The quantitative estimate of drug-likeness (QED) is 0.549. The topological polar surface area (TPSA) is 81.7 Å². The van der Waals surface area contributed by atoms with Gasteiger partial charge in [0.05, 0.1) is 17.8 Å². The summed E-state index contributed by atoms with van der Waals surface area (Å²) in [4.78, 5) is 19.1. The molecule has 0 spiro atoms. The maximum Gasteiger partial charge on any atom is 0.257 e. The minimum absolute atomic E-state index is 0.0572. The summed E-state index contributed by atoms with van der Waals surface area (Å²) >= 11 is 0. The molecule has 0 aliphatic carbocycles. The second kappa shape index (κ2) is 6.73. The van der Waals surface area contributed by atoms with Crippen LogP contribution in [-0.2, 0) is 0 Å². The molecule has 1 aliphatic rings. The number of amides is 1. The summed E-state index contributed by atoms with van der Waals surface area (Å²) < 4.78 is 3.44. The number of rotatable bonds is 4. The summed E-state index contributed by atoms with van der Waals surface area (Å²) in [5, 5.41) is 12.7. The molecule has 28 heavy (non-hydrogen) atoms. The molecule has 1 amide bonds. The van der Waals surface area contributed by atoms with E-state index in [-0.39, 0.29) is 11.9 Å². The Bertz CT molecular complexity index is 1100. The van der Waals surface area contributed by atoms with Crippen LogP contribution in [0.25, 0.3) is 17.1 Å². The third kappa shape index (κ3) is 2.84. The Morgan fingerprint density at radius 2 is 1.86 bits per heavy atom. The van der Waals surface area contributed by atoms with Crippen molar-refractivity contribution in [2.24, 2.45) is 0 Å². The molecule has 8 heteroatoms. The average molecular weight is 371 g/mol. The summed E-state index contributed by atoms with van der Waals surface area (Å²) in [6.45, 7) is 1.17. The lowest BCUT2D eigenvalue weighted by Gasteiger charge is -2.39. The maximum absolute atomic E-state index is 12.9. The Balaban J connectivity index is 1.31. The highest BCUT2D eigenvalue weighted by Crippen LogP contribution is 2.25. The molecule has 1 aliphatic heterocycles. The lowest BCUT2D eigenvalue weighted by molar-refractivity contribution is 0.0498. The standard InChI is InChI=1S/C20H17N7O/c28-20(17-8-4-9-21-19(17)26-11-5-10-22-26)25-12-16(13-25)27-14-18(23-24-27)15-6-2-1-3-7-15/h1-11,14,16H,12-13H2. The number of nitrogens with zero attached hydrogens (tertiary/aromatic N) is 7. The predicted molar refractivity (Wildman–Crippen MR) is 102 cm³/mol. The first kappa shape index (κ1) is 16.4. The molecule has 1 aromatic carbocycles. The number of likely N-dealkylation sites (tertiary alicyclic amines) is 1. The van der Waals surface area contributed by atoms with Crippen molar-refractivity contribution in [3.05, 3.63) is 78.9 Å². The number of pyridine rings is 1. The van der Waals surface area contributed by atoms with E-state index in [2.05, 4.69) is 20.4 Å². The van der Waals surface area contributed by atoms with Crippen molar-refractivity contribution in [2.75, 3.05) is 13.1 Å². The van der Waals surface area contributed by atoms with Gasteiger partial charge in [-0.05, 0) is 18.2 Å². The van der Waals surface area contributed by atoms with Gasteiger partial charge in [-0.2, -0.15) is 5.10 Å². The highest BCUT2D eigenvalue weighted by Gasteiger charge is 2.34. The van der Waals surface area contributed by atoms with Crippen LogP contribution in [0.1, 0.15) is 16.4 Å². The molecule has 0 unspecified atom stereocenters. The Morgan fingerprint density at radius 3 is 2.64 bits per heavy atom. The lowest BCUT2D eigenvalue weighted by Crippen LogP contribution is -2.51. The van der Waals surface area contributed by atoms with Gasteiger partial charge in [0.1, 0.15) is 5.69 Å². The van der Waals surface area contributed by atoms with Gasteiger partial charge < -0.3 is 4.90 Å². The Kier molecular flexibility index (Phi) is 3.93. The molecule has 0 saturated carbocycles. The van der Waals surface area contributed by atoms with E-state index in [1.165, 1.54) is 0 Å². The summed E-state index contributed by atoms with van der Waals surface area (Å²) in [6, 6.07) is 15.4. The largest absolute Gasteiger partial charge is 0.334 e. The number of hydrogen-bond donors (Lipinski definition) is 0. The van der Waals surface area contributed by atoms with E-state index in [0.29, 0.717) is 24.5 Å². The monoisotopic (exact) mass is 371 g/mol. The highest BCUT2D eigenvalue weighted by atomic mass is 16.2. The number of carbonyl (C=O) groups excluding carboxylic acids is 1. The first-order valence-electron chi connectivity index (χ1n) is 9.01. The Morgan fingerprint density at radius 1 is 1.00 bits per heavy atom. The van der Waals surface area contributed by atoms with Crippen molar-refractivity contribution in [3.63, 3.8) is 0 Å². The van der Waals surface area contributed by atoms with Gasteiger partial charge in [0.2, 0.25) is 0 Å². The fourth-order valence-electron chi connectivity index (χ4n) is 3.30. The van der Waals surface area contributed by atoms with Crippen LogP contribution in [-0.4, -0.2) is 53.7 Å². The molecule has 3 aromatic heterocycles. The van der Waals surface area contributed by atoms with Crippen molar-refractivity contribution in [2.45, 2.75) is 6.04 Å². The molecule has 4 heterocycles. The van der Waals surface area contributed by atoms with Crippen LogP contribution in [0, 0.1) is 0 Å². The van der Waals surface area contributed by atoms with E-state index < -0.39 is 0 Å². The second-order valence-corrected chi connectivity index (χ2v) is 6.64. The number of benzene rings is 1. The van der Waals surface area contributed by atoms with Crippen LogP contribution in [0.15, 0.2) is 73.3 Å². The summed E-state index contributed by atoms with van der Waals surface area (Å²) in [5.74, 6) is 0.478. The summed E-state index contributed by atoms with van der Waals surface area (Å²) in [5.41, 5.74) is 2.40. The van der Waals surface area contributed by atoms with E-state index in [1.807, 2.05) is 41.2 Å². The normalized spacial score (nSPS) is 14.1. The van der Waals surface area contributed by atoms with E-state index in [0.717, 1.165) is 11.3 Å². The molecule has 1 saturated heterocycles. The van der Waals surface area contributed by atoms with Gasteiger partial charge in [-0.3, -0.25) is 4.79 Å². The highest BCUT2D eigenvalue weighted by molar-refractivity contribution is 5.97. The van der Waals surface area contributed by atoms with Crippen LogP contribution in [0.2, 0.25) is 0 Å². The minimum atomic E-state index is -0.0572. The number of hydrogen-bond acceptors (Lipinski definition) is 5. The van der Waals surface area contributed by atoms with Crippen molar-refractivity contribution < 1.29 is 4.79 Å². The van der Waals surface area contributed by atoms with E-state index in [1.54, 1.807) is 46.4 Å². The molecule has 4 aromatic rings. The zero-order chi connectivity index (χ0) is 18.9. The zero-order valence-corrected chi connectivity index (χ0v) is 15.0. The molecular weight excluding hydrogens is 354 g/mol. The fraction of sp³-hybridized carbons (Fsp3) is 0.150. The van der Waals surface area contributed by atoms with Crippen LogP contribution < -0.4 is 0 Å². The fourth-order valence-corrected chi connectivity index (χ4v) is 3.30. The third-order valence-electron chi connectivity index (χ3n) is 4.84. The summed E-state index contributed by atoms with van der Waals surface area (Å²) in [7, 11) is 0. The number of aromatic nitrogens is 6. The second-order valence-electron chi connectivity index (χ2n) is 6.64. The minimum Gasteiger partial charge on any atom is -0.334 e. The predicted octanol–water partition coefficient (Wildman–Crippen LogP) is 2.22. The first-order valence-corrected chi connectivity index (χ1v) is 9.01. The summed E-state index contributed by atoms with van der Waals surface area (Å²) in [6.07, 6.45) is 7.03. The van der Waals surface area contributed by atoms with Gasteiger partial charge in [0.15, 0.2) is 5.82 Å². The average Bonchev–Trinajstić information content (AvgIpc) is 3.40. The maximum atomic E-state index is 12.9. The molecule has 0 N–H and O–H groups in total. The van der Waals surface area contributed by atoms with E-state index in [4.69, 9.17) is 0 Å². The SMILES string of the molecule is O=C(c1cccnc1-n1cccn1)N1CC(n2cc(-c3ccccc3)nn2)C1. The first-order chi connectivity index (χ1) is 13.8. The van der Waals surface area contributed by atoms with Crippen molar-refractivity contribution >= 4 is 5.91 Å². The molecule has 5 rings (SSSR count). The van der Waals surface area contributed by atoms with Gasteiger partial charge >= 0.3 is 0 Å². The molecule has 8 nitrogen and oxygen atoms in total. The van der Waals surface area contributed by atoms with Crippen molar-refractivity contribution in [1.82, 2.24) is 34.7 Å². The number of carbonyl (C=O) groups is 1. The van der Waals surface area contributed by atoms with Crippen LogP contribution in [0.3, 0.4) is 0 Å². The molecule has 138 valence electrons. The molecular formula is C20H17N7O. The van der Waals surface area contributed by atoms with Crippen LogP contribution >= 0.6 is 0 Å². The zero-order valence-electron chi connectivity index (χ0n) is 15.0. The Labute approximate surface area is 161 Å². The van der Waals surface area contributed by atoms with Gasteiger partial charge in [-0.15, -0.1) is 5.10 Å². The van der Waals surface area contributed by atoms with Crippen LogP contribution in [0.4, 0.5) is 0 Å². The van der Waals surface area contributed by atoms with Gasteiger partial charge in [0, 0.05) is 37.2 Å². The van der Waals surface area contributed by atoms with E-state index in [9.17, 15) is 4.79 Å². The Hall–Kier alpha value is -3.81. The smallest absolute Gasteiger partial charge is 0.257 e. The lowest BCUT2D eigenvalue weighted by atomic mass is 10.1. The van der Waals surface area contributed by atoms with Gasteiger partial charge in [0.25, 0.3) is 5.91 Å². The van der Waals surface area contributed by atoms with Crippen molar-refractivity contribution in [3.8, 4) is 17.1 Å². The van der Waals surface area contributed by atoms with Crippen molar-refractivity contribution in [1.29, 1.82) is 0 Å². The molecule has 0 atom stereocenters. The third-order valence-corrected chi connectivity index (χ3v) is 4.84. The van der Waals surface area contributed by atoms with Gasteiger partial charge in [-0.25, -0.2) is 14.3 Å².